The van der Waals surface area contributed by atoms with Gasteiger partial charge in [0.05, 0.1) is 17.1 Å². The fourth-order valence-corrected chi connectivity index (χ4v) is 4.19. The van der Waals surface area contributed by atoms with Gasteiger partial charge in [-0.3, -0.25) is 9.59 Å². The van der Waals surface area contributed by atoms with Gasteiger partial charge in [-0.15, -0.1) is 0 Å². The molecular formula is C21H22N4O2S. The van der Waals surface area contributed by atoms with E-state index in [9.17, 15) is 9.59 Å². The monoisotopic (exact) mass is 394 g/mol. The highest BCUT2D eigenvalue weighted by molar-refractivity contribution is 8.13. The number of aromatic nitrogens is 2. The van der Waals surface area contributed by atoms with Gasteiger partial charge < -0.3 is 15.2 Å². The zero-order chi connectivity index (χ0) is 19.3. The summed E-state index contributed by atoms with van der Waals surface area (Å²) in [6, 6.07) is 17.6. The summed E-state index contributed by atoms with van der Waals surface area (Å²) in [6.45, 7) is 1.17. The lowest BCUT2D eigenvalue weighted by molar-refractivity contribution is -0.122. The topological polar surface area (TPSA) is 78.1 Å². The maximum Gasteiger partial charge on any atom is 0.281 e. The Balaban J connectivity index is 1.49. The van der Waals surface area contributed by atoms with Crippen LogP contribution in [0.25, 0.3) is 11.0 Å². The molecule has 1 atom stereocenters. The maximum absolute atomic E-state index is 12.6. The first-order chi connectivity index (χ1) is 13.7. The molecule has 0 spiro atoms. The van der Waals surface area contributed by atoms with E-state index < -0.39 is 0 Å². The zero-order valence-corrected chi connectivity index (χ0v) is 16.2. The standard InChI is InChI=1S/C21H22N4O2S/c26-19(10-11-25-12-13-28-21(25)27)22-18(14-15-6-2-1-3-7-15)20-23-16-8-4-5-9-17(16)24-20/h1-9,18H,10-14H2,(H,22,26)(H,23,24)/t18-/m1/s1. The molecule has 6 nitrogen and oxygen atoms in total. The second kappa shape index (κ2) is 8.48. The van der Waals surface area contributed by atoms with Crippen molar-refractivity contribution in [1.82, 2.24) is 20.2 Å². The second-order valence-electron chi connectivity index (χ2n) is 6.80. The Labute approximate surface area is 167 Å². The molecular weight excluding hydrogens is 372 g/mol. The van der Waals surface area contributed by atoms with Crippen molar-refractivity contribution >= 4 is 33.9 Å². The largest absolute Gasteiger partial charge is 0.346 e. The molecule has 2 aromatic carbocycles. The van der Waals surface area contributed by atoms with Gasteiger partial charge in [0.25, 0.3) is 5.24 Å². The Morgan fingerprint density at radius 1 is 1.18 bits per heavy atom. The lowest BCUT2D eigenvalue weighted by atomic mass is 10.1. The third kappa shape index (κ3) is 4.36. The molecule has 4 rings (SSSR count). The van der Waals surface area contributed by atoms with Crippen LogP contribution in [0.3, 0.4) is 0 Å². The van der Waals surface area contributed by atoms with Crippen molar-refractivity contribution in [2.75, 3.05) is 18.8 Å². The summed E-state index contributed by atoms with van der Waals surface area (Å²) in [6.07, 6.45) is 0.933. The van der Waals surface area contributed by atoms with E-state index in [1.807, 2.05) is 54.6 Å². The molecule has 2 N–H and O–H groups in total. The highest BCUT2D eigenvalue weighted by Crippen LogP contribution is 2.21. The molecule has 1 fully saturated rings. The lowest BCUT2D eigenvalue weighted by Crippen LogP contribution is -2.34. The number of fused-ring (bicyclic) bond motifs is 1. The molecule has 0 bridgehead atoms. The number of hydrogen-bond donors (Lipinski definition) is 2. The van der Waals surface area contributed by atoms with Crippen molar-refractivity contribution in [2.24, 2.45) is 0 Å². The van der Waals surface area contributed by atoms with Crippen LogP contribution in [0.15, 0.2) is 54.6 Å². The predicted molar refractivity (Wildman–Crippen MR) is 111 cm³/mol. The average Bonchev–Trinajstić information content (AvgIpc) is 3.32. The lowest BCUT2D eigenvalue weighted by Gasteiger charge is -2.19. The van der Waals surface area contributed by atoms with Crippen LogP contribution in [-0.2, 0) is 11.2 Å². The van der Waals surface area contributed by atoms with Crippen LogP contribution in [0.1, 0.15) is 23.9 Å². The first-order valence-electron chi connectivity index (χ1n) is 9.39. The minimum atomic E-state index is -0.258. The number of carbonyl (C=O) groups excluding carboxylic acids is 2. The predicted octanol–water partition coefficient (Wildman–Crippen LogP) is 3.52. The Morgan fingerprint density at radius 2 is 1.96 bits per heavy atom. The third-order valence-electron chi connectivity index (χ3n) is 4.81. The van der Waals surface area contributed by atoms with Gasteiger partial charge in [-0.2, -0.15) is 0 Å². The first-order valence-corrected chi connectivity index (χ1v) is 10.4. The van der Waals surface area contributed by atoms with E-state index in [4.69, 9.17) is 0 Å². The molecule has 144 valence electrons. The molecule has 1 aliphatic heterocycles. The average molecular weight is 395 g/mol. The number of carbonyl (C=O) groups is 2. The van der Waals surface area contributed by atoms with E-state index in [0.29, 0.717) is 19.5 Å². The van der Waals surface area contributed by atoms with E-state index in [2.05, 4.69) is 15.3 Å². The maximum atomic E-state index is 12.6. The minimum absolute atomic E-state index is 0.0610. The fourth-order valence-electron chi connectivity index (χ4n) is 3.34. The zero-order valence-electron chi connectivity index (χ0n) is 15.4. The summed E-state index contributed by atoms with van der Waals surface area (Å²) in [7, 11) is 0. The number of rotatable bonds is 7. The molecule has 0 unspecified atom stereocenters. The van der Waals surface area contributed by atoms with Gasteiger partial charge in [-0.1, -0.05) is 54.2 Å². The minimum Gasteiger partial charge on any atom is -0.346 e. The number of amides is 2. The molecule has 2 amide bonds. The number of thioether (sulfide) groups is 1. The van der Waals surface area contributed by atoms with Crippen molar-refractivity contribution in [3.05, 3.63) is 66.0 Å². The first kappa shape index (κ1) is 18.6. The van der Waals surface area contributed by atoms with Crippen LogP contribution in [-0.4, -0.2) is 44.9 Å². The van der Waals surface area contributed by atoms with Gasteiger partial charge in [0.15, 0.2) is 0 Å². The number of nitrogens with zero attached hydrogens (tertiary/aromatic N) is 2. The molecule has 28 heavy (non-hydrogen) atoms. The van der Waals surface area contributed by atoms with Crippen LogP contribution in [0.5, 0.6) is 0 Å². The van der Waals surface area contributed by atoms with Crippen molar-refractivity contribution < 1.29 is 9.59 Å². The summed E-state index contributed by atoms with van der Waals surface area (Å²) in [5.41, 5.74) is 2.95. The van der Waals surface area contributed by atoms with Crippen molar-refractivity contribution in [1.29, 1.82) is 0 Å². The number of aromatic amines is 1. The van der Waals surface area contributed by atoms with Gasteiger partial charge in [0.2, 0.25) is 5.91 Å². The number of hydrogen-bond acceptors (Lipinski definition) is 4. The van der Waals surface area contributed by atoms with Crippen LogP contribution in [0.4, 0.5) is 4.79 Å². The number of para-hydroxylation sites is 2. The van der Waals surface area contributed by atoms with E-state index in [1.54, 1.807) is 4.90 Å². The highest BCUT2D eigenvalue weighted by atomic mass is 32.2. The van der Waals surface area contributed by atoms with E-state index in [1.165, 1.54) is 11.8 Å². The molecule has 7 heteroatoms. The summed E-state index contributed by atoms with van der Waals surface area (Å²) in [4.78, 5) is 34.1. The Hall–Kier alpha value is -2.80. The van der Waals surface area contributed by atoms with Crippen LogP contribution in [0, 0.1) is 0 Å². The second-order valence-corrected chi connectivity index (χ2v) is 7.85. The number of H-pyrrole nitrogens is 1. The van der Waals surface area contributed by atoms with E-state index in [0.717, 1.165) is 28.2 Å². The smallest absolute Gasteiger partial charge is 0.281 e. The van der Waals surface area contributed by atoms with Gasteiger partial charge in [-0.05, 0) is 24.1 Å². The molecule has 2 heterocycles. The highest BCUT2D eigenvalue weighted by Gasteiger charge is 2.23. The molecule has 1 aromatic heterocycles. The third-order valence-corrected chi connectivity index (χ3v) is 5.70. The normalized spacial score (nSPS) is 15.1. The fraction of sp³-hybridized carbons (Fsp3) is 0.286. The van der Waals surface area contributed by atoms with Crippen molar-refractivity contribution in [2.45, 2.75) is 18.9 Å². The van der Waals surface area contributed by atoms with Crippen molar-refractivity contribution in [3.63, 3.8) is 0 Å². The summed E-state index contributed by atoms with van der Waals surface area (Å²) < 4.78 is 0. The Morgan fingerprint density at radius 3 is 2.71 bits per heavy atom. The van der Waals surface area contributed by atoms with Gasteiger partial charge in [-0.25, -0.2) is 4.98 Å². The molecule has 1 aliphatic rings. The van der Waals surface area contributed by atoms with Crippen molar-refractivity contribution in [3.8, 4) is 0 Å². The van der Waals surface area contributed by atoms with Gasteiger partial charge in [0.1, 0.15) is 5.82 Å². The van der Waals surface area contributed by atoms with Gasteiger partial charge in [0, 0.05) is 25.3 Å². The van der Waals surface area contributed by atoms with E-state index >= 15 is 0 Å². The summed E-state index contributed by atoms with van der Waals surface area (Å²) in [5, 5.41) is 3.17. The molecule has 1 saturated heterocycles. The number of benzene rings is 2. The molecule has 0 saturated carbocycles. The SMILES string of the molecule is O=C(CCN1CCSC1=O)N[C@H](Cc1ccccc1)c1nc2ccccc2[nH]1. The van der Waals surface area contributed by atoms with Crippen LogP contribution < -0.4 is 5.32 Å². The summed E-state index contributed by atoms with van der Waals surface area (Å²) in [5.74, 6) is 1.47. The molecule has 3 aromatic rings. The van der Waals surface area contributed by atoms with E-state index in [-0.39, 0.29) is 23.6 Å². The molecule has 0 aliphatic carbocycles. The van der Waals surface area contributed by atoms with Gasteiger partial charge >= 0.3 is 0 Å². The Bertz CT molecular complexity index is 940. The quantitative estimate of drug-likeness (QED) is 0.643. The summed E-state index contributed by atoms with van der Waals surface area (Å²) >= 11 is 1.31. The molecule has 0 radical (unpaired) electrons. The number of nitrogens with one attached hydrogen (secondary N) is 2. The van der Waals surface area contributed by atoms with Crippen LogP contribution >= 0.6 is 11.8 Å². The van der Waals surface area contributed by atoms with Crippen LogP contribution in [0.2, 0.25) is 0 Å². The Kier molecular flexibility index (Phi) is 5.62. The number of imidazole rings is 1.